The molecule has 21 heavy (non-hydrogen) atoms. The van der Waals surface area contributed by atoms with Crippen LogP contribution < -0.4 is 5.32 Å². The molecule has 1 aromatic heterocycles. The van der Waals surface area contributed by atoms with Crippen molar-refractivity contribution in [2.75, 3.05) is 11.1 Å². The van der Waals surface area contributed by atoms with Crippen molar-refractivity contribution >= 4 is 46.8 Å². The molecule has 0 saturated carbocycles. The molecule has 3 aromatic rings. The maximum Gasteiger partial charge on any atom is 0.234 e. The Morgan fingerprint density at radius 3 is 2.57 bits per heavy atom. The van der Waals surface area contributed by atoms with E-state index in [2.05, 4.69) is 15.3 Å². The lowest BCUT2D eigenvalue weighted by molar-refractivity contribution is -0.113. The van der Waals surface area contributed by atoms with Crippen molar-refractivity contribution in [1.29, 1.82) is 0 Å². The maximum absolute atomic E-state index is 11.8. The number of nitrogens with zero attached hydrogens (tertiary/aromatic N) is 1. The zero-order valence-corrected chi connectivity index (χ0v) is 12.7. The van der Waals surface area contributed by atoms with Gasteiger partial charge in [-0.2, -0.15) is 0 Å². The highest BCUT2D eigenvalue weighted by molar-refractivity contribution is 7.99. The van der Waals surface area contributed by atoms with Crippen LogP contribution in [0.4, 0.5) is 5.69 Å². The summed E-state index contributed by atoms with van der Waals surface area (Å²) in [6, 6.07) is 17.2. The van der Waals surface area contributed by atoms with Crippen LogP contribution in [0.15, 0.2) is 59.8 Å². The molecule has 0 unspecified atom stereocenters. The van der Waals surface area contributed by atoms with Gasteiger partial charge in [0.2, 0.25) is 5.91 Å². The van der Waals surface area contributed by atoms with Crippen molar-refractivity contribution in [3.63, 3.8) is 0 Å². The van der Waals surface area contributed by atoms with E-state index in [4.69, 9.17) is 0 Å². The first-order valence-electron chi connectivity index (χ1n) is 6.24. The number of halogens is 1. The number of hydrogen-bond donors (Lipinski definition) is 2. The van der Waals surface area contributed by atoms with E-state index >= 15 is 0 Å². The number of rotatable bonds is 4. The molecule has 108 valence electrons. The van der Waals surface area contributed by atoms with Gasteiger partial charge in [0.15, 0.2) is 5.16 Å². The standard InChI is InChI=1S/C15H13N3OS.ClH/c19-14(16-11-6-2-1-3-7-11)10-20-15-17-12-8-4-5-9-13(12)18-15;/h1-9H,10H2,(H,16,19)(H,17,18);1H. The van der Waals surface area contributed by atoms with Crippen LogP contribution in [0.3, 0.4) is 0 Å². The van der Waals surface area contributed by atoms with Crippen LogP contribution in [-0.2, 0) is 4.79 Å². The third-order valence-corrected chi connectivity index (χ3v) is 3.64. The smallest absolute Gasteiger partial charge is 0.234 e. The van der Waals surface area contributed by atoms with Crippen LogP contribution in [-0.4, -0.2) is 21.6 Å². The molecular formula is C15H14ClN3OS. The molecule has 0 aliphatic rings. The summed E-state index contributed by atoms with van der Waals surface area (Å²) < 4.78 is 0. The van der Waals surface area contributed by atoms with Crippen molar-refractivity contribution in [2.45, 2.75) is 5.16 Å². The van der Waals surface area contributed by atoms with Gasteiger partial charge in [0.05, 0.1) is 16.8 Å². The van der Waals surface area contributed by atoms with Gasteiger partial charge in [-0.3, -0.25) is 4.79 Å². The quantitative estimate of drug-likeness (QED) is 0.721. The van der Waals surface area contributed by atoms with E-state index in [1.54, 1.807) is 0 Å². The fraction of sp³-hybridized carbons (Fsp3) is 0.0667. The minimum atomic E-state index is -0.0401. The first-order valence-corrected chi connectivity index (χ1v) is 7.22. The summed E-state index contributed by atoms with van der Waals surface area (Å²) in [5.41, 5.74) is 2.71. The molecule has 2 N–H and O–H groups in total. The number of amides is 1. The van der Waals surface area contributed by atoms with Gasteiger partial charge in [-0.1, -0.05) is 42.1 Å². The first-order chi connectivity index (χ1) is 9.81. The number of thioether (sulfide) groups is 1. The lowest BCUT2D eigenvalue weighted by Crippen LogP contribution is -2.13. The second-order valence-corrected chi connectivity index (χ2v) is 5.23. The number of imidazole rings is 1. The van der Waals surface area contributed by atoms with Gasteiger partial charge in [-0.25, -0.2) is 4.98 Å². The number of aromatic nitrogens is 2. The zero-order chi connectivity index (χ0) is 13.8. The topological polar surface area (TPSA) is 57.8 Å². The summed E-state index contributed by atoms with van der Waals surface area (Å²) >= 11 is 1.39. The highest BCUT2D eigenvalue weighted by atomic mass is 35.5. The normalized spacial score (nSPS) is 10.1. The molecular weight excluding hydrogens is 306 g/mol. The second kappa shape index (κ2) is 7.15. The second-order valence-electron chi connectivity index (χ2n) is 4.26. The average Bonchev–Trinajstić information content (AvgIpc) is 2.89. The number of anilines is 1. The highest BCUT2D eigenvalue weighted by Crippen LogP contribution is 2.19. The summed E-state index contributed by atoms with van der Waals surface area (Å²) in [5.74, 6) is 0.288. The Bertz CT molecular complexity index is 697. The van der Waals surface area contributed by atoms with Gasteiger partial charge < -0.3 is 10.3 Å². The molecule has 1 amide bonds. The summed E-state index contributed by atoms with van der Waals surface area (Å²) in [6.07, 6.45) is 0. The number of fused-ring (bicyclic) bond motifs is 1. The third-order valence-electron chi connectivity index (χ3n) is 2.77. The van der Waals surface area contributed by atoms with Crippen LogP contribution in [0, 0.1) is 0 Å². The number of para-hydroxylation sites is 3. The van der Waals surface area contributed by atoms with Crippen LogP contribution in [0.1, 0.15) is 0 Å². The Morgan fingerprint density at radius 2 is 1.81 bits per heavy atom. The van der Waals surface area contributed by atoms with Crippen LogP contribution in [0.2, 0.25) is 0 Å². The van der Waals surface area contributed by atoms with Gasteiger partial charge in [0, 0.05) is 5.69 Å². The van der Waals surface area contributed by atoms with E-state index < -0.39 is 0 Å². The highest BCUT2D eigenvalue weighted by Gasteiger charge is 2.06. The average molecular weight is 320 g/mol. The molecule has 4 nitrogen and oxygen atoms in total. The van der Waals surface area contributed by atoms with Crippen molar-refractivity contribution < 1.29 is 4.79 Å². The molecule has 0 fully saturated rings. The predicted molar refractivity (Wildman–Crippen MR) is 89.1 cm³/mol. The number of H-pyrrole nitrogens is 1. The number of carbonyl (C=O) groups is 1. The molecule has 0 bridgehead atoms. The summed E-state index contributed by atoms with van der Waals surface area (Å²) in [7, 11) is 0. The Kier molecular flexibility index (Phi) is 5.25. The van der Waals surface area contributed by atoms with E-state index in [1.165, 1.54) is 11.8 Å². The van der Waals surface area contributed by atoms with Gasteiger partial charge in [0.25, 0.3) is 0 Å². The lowest BCUT2D eigenvalue weighted by Gasteiger charge is -2.03. The van der Waals surface area contributed by atoms with Crippen molar-refractivity contribution in [1.82, 2.24) is 9.97 Å². The first kappa shape index (κ1) is 15.4. The Hall–Kier alpha value is -1.98. The Labute approximate surface area is 132 Å². The molecule has 3 rings (SSSR count). The third kappa shape index (κ3) is 4.00. The molecule has 6 heteroatoms. The lowest BCUT2D eigenvalue weighted by atomic mass is 10.3. The van der Waals surface area contributed by atoms with Gasteiger partial charge >= 0.3 is 0 Å². The summed E-state index contributed by atoms with van der Waals surface area (Å²) in [4.78, 5) is 19.4. The number of nitrogens with one attached hydrogen (secondary N) is 2. The minimum Gasteiger partial charge on any atom is -0.333 e. The van der Waals surface area contributed by atoms with Gasteiger partial charge in [-0.05, 0) is 24.3 Å². The van der Waals surface area contributed by atoms with E-state index in [1.807, 2.05) is 54.6 Å². The van der Waals surface area contributed by atoms with E-state index in [9.17, 15) is 4.79 Å². The van der Waals surface area contributed by atoms with E-state index in [-0.39, 0.29) is 18.3 Å². The van der Waals surface area contributed by atoms with Crippen LogP contribution in [0.25, 0.3) is 11.0 Å². The predicted octanol–water partition coefficient (Wildman–Crippen LogP) is 3.72. The molecule has 0 saturated heterocycles. The SMILES string of the molecule is Cl.O=C(CSc1nc2ccccc2[nH]1)Nc1ccccc1. The summed E-state index contributed by atoms with van der Waals surface area (Å²) in [6.45, 7) is 0. The summed E-state index contributed by atoms with van der Waals surface area (Å²) in [5, 5.41) is 3.60. The monoisotopic (exact) mass is 319 g/mol. The fourth-order valence-corrected chi connectivity index (χ4v) is 2.54. The van der Waals surface area contributed by atoms with Crippen molar-refractivity contribution in [2.24, 2.45) is 0 Å². The molecule has 0 aliphatic heterocycles. The molecule has 2 aromatic carbocycles. The van der Waals surface area contributed by atoms with Gasteiger partial charge in [0.1, 0.15) is 0 Å². The van der Waals surface area contributed by atoms with Crippen molar-refractivity contribution in [3.8, 4) is 0 Å². The Morgan fingerprint density at radius 1 is 1.10 bits per heavy atom. The maximum atomic E-state index is 11.8. The minimum absolute atomic E-state index is 0. The molecule has 0 atom stereocenters. The number of benzene rings is 2. The van der Waals surface area contributed by atoms with Gasteiger partial charge in [-0.15, -0.1) is 12.4 Å². The van der Waals surface area contributed by atoms with Crippen LogP contribution in [0.5, 0.6) is 0 Å². The Balaban J connectivity index is 0.00000161. The molecule has 0 spiro atoms. The largest absolute Gasteiger partial charge is 0.333 e. The number of hydrogen-bond acceptors (Lipinski definition) is 3. The molecule has 0 radical (unpaired) electrons. The van der Waals surface area contributed by atoms with E-state index in [0.29, 0.717) is 5.75 Å². The van der Waals surface area contributed by atoms with Crippen LogP contribution >= 0.6 is 24.2 Å². The molecule has 0 aliphatic carbocycles. The van der Waals surface area contributed by atoms with E-state index in [0.717, 1.165) is 21.9 Å². The molecule has 1 heterocycles. The fourth-order valence-electron chi connectivity index (χ4n) is 1.85. The zero-order valence-electron chi connectivity index (χ0n) is 11.1. The van der Waals surface area contributed by atoms with Crippen molar-refractivity contribution in [3.05, 3.63) is 54.6 Å². The number of aromatic amines is 1. The number of carbonyl (C=O) groups excluding carboxylic acids is 1.